The number of carboxylic acids is 1. The van der Waals surface area contributed by atoms with E-state index in [1.54, 1.807) is 0 Å². The van der Waals surface area contributed by atoms with Crippen molar-refractivity contribution < 1.29 is 42.9 Å². The second kappa shape index (κ2) is 84.6. The molecule has 0 bridgehead atoms. The number of hydrogen-bond donors (Lipinski definition) is 0. The number of likely N-dealkylation sites (N-methyl/N-ethyl adjacent to an activating group) is 1. The van der Waals surface area contributed by atoms with Crippen molar-refractivity contribution >= 4 is 17.9 Å². The van der Waals surface area contributed by atoms with Gasteiger partial charge in [-0.1, -0.05) is 453 Å². The molecule has 0 aliphatic rings. The summed E-state index contributed by atoms with van der Waals surface area (Å²) in [6.07, 6.45) is 111. The molecule has 2 atom stereocenters. The van der Waals surface area contributed by atoms with Gasteiger partial charge in [0.15, 0.2) is 12.4 Å². The largest absolute Gasteiger partial charge is 0.545 e. The number of rotatable bonds is 86. The summed E-state index contributed by atoms with van der Waals surface area (Å²) in [7, 11) is 5.96. The summed E-state index contributed by atoms with van der Waals surface area (Å²) in [5.74, 6) is -2.25. The number of hydrogen-bond acceptors (Lipinski definition) is 8. The maximum Gasteiger partial charge on any atom is 0.306 e. The Balaban J connectivity index is 3.89. The molecular formula is C94H175NO8. The Labute approximate surface area is 641 Å². The minimum atomic E-state index is -1.62. The molecule has 9 nitrogen and oxygen atoms in total. The average molecular weight is 1450 g/mol. The van der Waals surface area contributed by atoms with Gasteiger partial charge in [-0.2, -0.15) is 0 Å². The van der Waals surface area contributed by atoms with Crippen LogP contribution in [0.25, 0.3) is 0 Å². The smallest absolute Gasteiger partial charge is 0.306 e. The van der Waals surface area contributed by atoms with Gasteiger partial charge in [0.05, 0.1) is 40.3 Å². The quantitative estimate of drug-likeness (QED) is 0.0195. The Morgan fingerprint density at radius 3 is 0.825 bits per heavy atom. The predicted octanol–water partition coefficient (Wildman–Crippen LogP) is 28.4. The highest BCUT2D eigenvalue weighted by atomic mass is 16.7. The summed E-state index contributed by atoms with van der Waals surface area (Å²) in [6, 6.07) is 0. The predicted molar refractivity (Wildman–Crippen MR) is 445 cm³/mol. The van der Waals surface area contributed by atoms with Crippen molar-refractivity contribution in [2.75, 3.05) is 47.5 Å². The van der Waals surface area contributed by atoms with E-state index in [1.807, 2.05) is 21.1 Å². The molecular weight excluding hydrogens is 1270 g/mol. The summed E-state index contributed by atoms with van der Waals surface area (Å²) in [5, 5.41) is 11.9. The first-order valence-electron chi connectivity index (χ1n) is 45.4. The van der Waals surface area contributed by atoms with Crippen molar-refractivity contribution in [3.8, 4) is 0 Å². The van der Waals surface area contributed by atoms with Crippen LogP contribution in [-0.2, 0) is 33.3 Å². The lowest BCUT2D eigenvalue weighted by Crippen LogP contribution is -2.44. The molecule has 0 amide bonds. The summed E-state index contributed by atoms with van der Waals surface area (Å²) in [6.45, 7) is 4.72. The second-order valence-electron chi connectivity index (χ2n) is 32.2. The van der Waals surface area contributed by atoms with E-state index >= 15 is 0 Å². The van der Waals surface area contributed by atoms with E-state index in [0.29, 0.717) is 17.4 Å². The zero-order valence-electron chi connectivity index (χ0n) is 69.5. The fourth-order valence-corrected chi connectivity index (χ4v) is 13.9. The van der Waals surface area contributed by atoms with Gasteiger partial charge in [-0.3, -0.25) is 9.59 Å². The number of aliphatic carboxylic acids is 1. The highest BCUT2D eigenvalue weighted by molar-refractivity contribution is 5.70. The van der Waals surface area contributed by atoms with Gasteiger partial charge >= 0.3 is 11.9 Å². The molecule has 604 valence electrons. The third-order valence-corrected chi connectivity index (χ3v) is 20.8. The SMILES string of the molecule is CC/C=C\C/C=C\C/C=C\C/C=C\C/C=C\CCCCCCCCCCCCCCCCCCCCCCCCCC(=O)OC(COC(=O)CCCCCCCCCCCCCCCCCCCCCCCCCCCCCCCCCCCCCCCCC)COC(OCC[N+](C)(C)C)C(=O)[O-]. The van der Waals surface area contributed by atoms with Crippen molar-refractivity contribution in [2.24, 2.45) is 0 Å². The van der Waals surface area contributed by atoms with Gasteiger partial charge in [-0.05, 0) is 57.8 Å². The van der Waals surface area contributed by atoms with Crippen LogP contribution in [-0.4, -0.2) is 82.3 Å². The minimum Gasteiger partial charge on any atom is -0.545 e. The van der Waals surface area contributed by atoms with Crippen molar-refractivity contribution in [3.63, 3.8) is 0 Å². The molecule has 0 aromatic heterocycles. The molecule has 0 aliphatic heterocycles. The topological polar surface area (TPSA) is 111 Å². The standard InChI is InChI=1S/C94H175NO8/c1-6-8-10-12-14-16-18-20-22-24-26-28-30-32-34-36-38-40-42-44-46-48-50-52-54-56-58-60-62-64-66-68-70-72-74-76-78-80-82-84-91(96)101-88-90(89-102-94(93(98)99)100-87-86-95(3,4)5)103-92(97)85-83-81-79-77-75-73-71-69-67-65-63-61-59-57-55-53-51-49-47-45-43-41-39-37-35-33-31-29-27-25-23-21-19-17-15-13-11-9-7-2/h9,11,15,17,21,23,27,29,33,35,90,94H,6-8,10,12-14,16,18-20,22,24-26,28,30-32,34,36-89H2,1-5H3/b11-9-,17-15-,23-21-,29-27-,35-33-. The fraction of sp³-hybridized carbons (Fsp3) is 0.862. The number of carbonyl (C=O) groups is 3. The Hall–Kier alpha value is -3.01. The Morgan fingerprint density at radius 1 is 0.301 bits per heavy atom. The van der Waals surface area contributed by atoms with Crippen LogP contribution in [0, 0.1) is 0 Å². The number of esters is 2. The maximum atomic E-state index is 13.0. The lowest BCUT2D eigenvalue weighted by atomic mass is 10.0. The molecule has 0 aromatic rings. The summed E-state index contributed by atoms with van der Waals surface area (Å²) in [5.41, 5.74) is 0. The molecule has 0 fully saturated rings. The molecule has 0 heterocycles. The van der Waals surface area contributed by atoms with Crippen LogP contribution in [0.15, 0.2) is 60.8 Å². The number of carbonyl (C=O) groups excluding carboxylic acids is 3. The molecule has 0 rings (SSSR count). The summed E-state index contributed by atoms with van der Waals surface area (Å²) < 4.78 is 22.9. The number of nitrogens with zero attached hydrogens (tertiary/aromatic N) is 1. The Kier molecular flexibility index (Phi) is 82.1. The van der Waals surface area contributed by atoms with Gasteiger partial charge in [0, 0.05) is 12.8 Å². The van der Waals surface area contributed by atoms with Crippen molar-refractivity contribution in [1.82, 2.24) is 0 Å². The van der Waals surface area contributed by atoms with Crippen molar-refractivity contribution in [2.45, 2.75) is 476 Å². The van der Waals surface area contributed by atoms with Gasteiger partial charge < -0.3 is 33.3 Å². The van der Waals surface area contributed by atoms with E-state index in [2.05, 4.69) is 74.6 Å². The number of quaternary nitrogens is 1. The highest BCUT2D eigenvalue weighted by Gasteiger charge is 2.22. The van der Waals surface area contributed by atoms with Gasteiger partial charge in [0.1, 0.15) is 13.2 Å². The Morgan fingerprint density at radius 2 is 0.553 bits per heavy atom. The minimum absolute atomic E-state index is 0.151. The molecule has 0 N–H and O–H groups in total. The zero-order chi connectivity index (χ0) is 74.6. The first-order chi connectivity index (χ1) is 50.6. The maximum absolute atomic E-state index is 13.0. The Bertz CT molecular complexity index is 1880. The highest BCUT2D eigenvalue weighted by Crippen LogP contribution is 2.21. The van der Waals surface area contributed by atoms with Crippen LogP contribution in [0.1, 0.15) is 463 Å². The third kappa shape index (κ3) is 86.1. The van der Waals surface area contributed by atoms with E-state index in [-0.39, 0.29) is 32.2 Å². The molecule has 103 heavy (non-hydrogen) atoms. The summed E-state index contributed by atoms with van der Waals surface area (Å²) >= 11 is 0. The van der Waals surface area contributed by atoms with Crippen LogP contribution >= 0.6 is 0 Å². The van der Waals surface area contributed by atoms with Crippen LogP contribution in [0.3, 0.4) is 0 Å². The van der Waals surface area contributed by atoms with Crippen LogP contribution in [0.2, 0.25) is 0 Å². The summed E-state index contributed by atoms with van der Waals surface area (Å²) in [4.78, 5) is 37.7. The van der Waals surface area contributed by atoms with E-state index < -0.39 is 24.3 Å². The first-order valence-corrected chi connectivity index (χ1v) is 45.4. The lowest BCUT2D eigenvalue weighted by molar-refractivity contribution is -0.870. The van der Waals surface area contributed by atoms with Gasteiger partial charge in [-0.25, -0.2) is 0 Å². The number of carboxylic acid groups (broad SMARTS) is 1. The number of allylic oxidation sites excluding steroid dienone is 10. The third-order valence-electron chi connectivity index (χ3n) is 20.8. The van der Waals surface area contributed by atoms with Gasteiger partial charge in [0.2, 0.25) is 0 Å². The molecule has 0 saturated carbocycles. The molecule has 0 spiro atoms. The van der Waals surface area contributed by atoms with Crippen LogP contribution in [0.4, 0.5) is 0 Å². The second-order valence-corrected chi connectivity index (χ2v) is 32.2. The van der Waals surface area contributed by atoms with E-state index in [4.69, 9.17) is 18.9 Å². The van der Waals surface area contributed by atoms with E-state index in [9.17, 15) is 19.5 Å². The molecule has 0 aliphatic carbocycles. The van der Waals surface area contributed by atoms with Crippen molar-refractivity contribution in [3.05, 3.63) is 60.8 Å². The molecule has 9 heteroatoms. The fourth-order valence-electron chi connectivity index (χ4n) is 13.9. The number of unbranched alkanes of at least 4 members (excludes halogenated alkanes) is 61. The zero-order valence-corrected chi connectivity index (χ0v) is 69.5. The molecule has 0 aromatic carbocycles. The normalized spacial score (nSPS) is 12.8. The monoisotopic (exact) mass is 1450 g/mol. The molecule has 0 saturated heterocycles. The number of ether oxygens (including phenoxy) is 4. The van der Waals surface area contributed by atoms with E-state index in [1.165, 1.54) is 366 Å². The van der Waals surface area contributed by atoms with Gasteiger partial charge in [0.25, 0.3) is 0 Å². The average Bonchev–Trinajstić information content (AvgIpc) is 0.985. The lowest BCUT2D eigenvalue weighted by Gasteiger charge is -2.26. The van der Waals surface area contributed by atoms with E-state index in [0.717, 1.165) is 70.6 Å². The van der Waals surface area contributed by atoms with Gasteiger partial charge in [-0.15, -0.1) is 0 Å². The first kappa shape index (κ1) is 100.0. The molecule has 0 radical (unpaired) electrons. The van der Waals surface area contributed by atoms with Crippen LogP contribution < -0.4 is 5.11 Å². The van der Waals surface area contributed by atoms with Crippen LogP contribution in [0.5, 0.6) is 0 Å². The molecule has 2 unspecified atom stereocenters. The van der Waals surface area contributed by atoms with Crippen molar-refractivity contribution in [1.29, 1.82) is 0 Å².